The van der Waals surface area contributed by atoms with Gasteiger partial charge in [-0.05, 0) is 17.7 Å². The van der Waals surface area contributed by atoms with Crippen LogP contribution in [0.1, 0.15) is 18.4 Å². The minimum Gasteiger partial charge on any atom is -0.481 e. The highest BCUT2D eigenvalue weighted by atomic mass is 19.1. The molecule has 1 heterocycles. The molecule has 2 N–H and O–H groups in total. The summed E-state index contributed by atoms with van der Waals surface area (Å²) in [5, 5.41) is 18.7. The normalized spacial score (nSPS) is 19.4. The van der Waals surface area contributed by atoms with Gasteiger partial charge >= 0.3 is 5.97 Å². The van der Waals surface area contributed by atoms with E-state index in [2.05, 4.69) is 0 Å². The third-order valence-corrected chi connectivity index (χ3v) is 3.81. The Kier molecular flexibility index (Phi) is 6.06. The molecule has 7 heteroatoms. The minimum atomic E-state index is -1.01. The van der Waals surface area contributed by atoms with Gasteiger partial charge in [0.05, 0.1) is 12.5 Å². The number of carboxylic acids is 1. The van der Waals surface area contributed by atoms with E-state index in [0.717, 1.165) is 5.56 Å². The van der Waals surface area contributed by atoms with E-state index >= 15 is 0 Å². The number of nitrogens with zero attached hydrogens (tertiary/aromatic N) is 2. The molecule has 1 atom stereocenters. The molecule has 1 amide bonds. The lowest BCUT2D eigenvalue weighted by Crippen LogP contribution is -2.37. The molecule has 1 fully saturated rings. The third-order valence-electron chi connectivity index (χ3n) is 3.81. The molecular weight excluding hydrogens is 303 g/mol. The van der Waals surface area contributed by atoms with Crippen LogP contribution in [0.25, 0.3) is 0 Å². The molecule has 6 nitrogen and oxygen atoms in total. The van der Waals surface area contributed by atoms with Crippen molar-refractivity contribution in [2.45, 2.75) is 25.5 Å². The van der Waals surface area contributed by atoms with Gasteiger partial charge in [0.25, 0.3) is 0 Å². The maximum atomic E-state index is 12.9. The van der Waals surface area contributed by atoms with Crippen LogP contribution in [0.2, 0.25) is 0 Å². The fourth-order valence-corrected chi connectivity index (χ4v) is 2.65. The second-order valence-corrected chi connectivity index (χ2v) is 5.75. The number of amides is 1. The number of carbonyl (C=O) groups is 2. The van der Waals surface area contributed by atoms with Gasteiger partial charge in [-0.3, -0.25) is 14.5 Å². The number of benzene rings is 1. The average molecular weight is 324 g/mol. The number of aliphatic hydroxyl groups excluding tert-OH is 1. The van der Waals surface area contributed by atoms with E-state index in [4.69, 9.17) is 5.11 Å². The van der Waals surface area contributed by atoms with Crippen molar-refractivity contribution in [3.8, 4) is 0 Å². The molecule has 0 aromatic heterocycles. The van der Waals surface area contributed by atoms with Crippen molar-refractivity contribution >= 4 is 11.9 Å². The first kappa shape index (κ1) is 17.4. The predicted octanol–water partition coefficient (Wildman–Crippen LogP) is 0.696. The summed E-state index contributed by atoms with van der Waals surface area (Å²) in [7, 11) is 0. The fourth-order valence-electron chi connectivity index (χ4n) is 2.65. The summed E-state index contributed by atoms with van der Waals surface area (Å²) < 4.78 is 12.9. The Hall–Kier alpha value is -1.99. The van der Waals surface area contributed by atoms with E-state index in [1.54, 1.807) is 12.1 Å². The number of carboxylic acid groups (broad SMARTS) is 1. The van der Waals surface area contributed by atoms with Gasteiger partial charge in [0, 0.05) is 39.1 Å². The molecule has 2 rings (SSSR count). The van der Waals surface area contributed by atoms with Crippen molar-refractivity contribution < 1.29 is 24.2 Å². The van der Waals surface area contributed by atoms with Crippen molar-refractivity contribution in [3.63, 3.8) is 0 Å². The molecule has 1 saturated heterocycles. The van der Waals surface area contributed by atoms with E-state index in [0.29, 0.717) is 26.2 Å². The minimum absolute atomic E-state index is 0.0555. The maximum Gasteiger partial charge on any atom is 0.303 e. The van der Waals surface area contributed by atoms with Crippen LogP contribution in [0.3, 0.4) is 0 Å². The lowest BCUT2D eigenvalue weighted by atomic mass is 10.2. The molecule has 126 valence electrons. The van der Waals surface area contributed by atoms with E-state index in [1.807, 2.05) is 4.90 Å². The summed E-state index contributed by atoms with van der Waals surface area (Å²) in [4.78, 5) is 26.1. The smallest absolute Gasteiger partial charge is 0.303 e. The molecular formula is C16H21FN2O4. The molecule has 0 aliphatic carbocycles. The average Bonchev–Trinajstić information content (AvgIpc) is 2.68. The fraction of sp³-hybridized carbons (Fsp3) is 0.500. The lowest BCUT2D eigenvalue weighted by Gasteiger charge is -2.21. The van der Waals surface area contributed by atoms with Gasteiger partial charge in [-0.2, -0.15) is 0 Å². The van der Waals surface area contributed by atoms with Crippen LogP contribution in [-0.2, 0) is 16.1 Å². The van der Waals surface area contributed by atoms with Crippen LogP contribution in [-0.4, -0.2) is 64.2 Å². The number of hydrogen-bond acceptors (Lipinski definition) is 4. The lowest BCUT2D eigenvalue weighted by molar-refractivity contribution is -0.141. The third kappa shape index (κ3) is 5.61. The SMILES string of the molecule is O=C(O)CCC(=O)N1CCN(Cc2ccc(F)cc2)C[C@@H](O)C1. The summed E-state index contributed by atoms with van der Waals surface area (Å²) in [5.74, 6) is -1.55. The van der Waals surface area contributed by atoms with Gasteiger partial charge in [-0.25, -0.2) is 4.39 Å². The van der Waals surface area contributed by atoms with Gasteiger partial charge in [-0.1, -0.05) is 12.1 Å². The molecule has 0 bridgehead atoms. The molecule has 0 unspecified atom stereocenters. The zero-order valence-corrected chi connectivity index (χ0v) is 12.8. The zero-order chi connectivity index (χ0) is 16.8. The summed E-state index contributed by atoms with van der Waals surface area (Å²) in [6, 6.07) is 6.18. The van der Waals surface area contributed by atoms with Crippen LogP contribution >= 0.6 is 0 Å². The van der Waals surface area contributed by atoms with Crippen LogP contribution < -0.4 is 0 Å². The van der Waals surface area contributed by atoms with E-state index in [1.165, 1.54) is 17.0 Å². The molecule has 1 aromatic rings. The number of aliphatic hydroxyl groups is 1. The second kappa shape index (κ2) is 8.03. The Morgan fingerprint density at radius 1 is 1.13 bits per heavy atom. The Balaban J connectivity index is 1.90. The Morgan fingerprint density at radius 2 is 1.83 bits per heavy atom. The summed E-state index contributed by atoms with van der Waals surface area (Å²) in [6.45, 7) is 2.21. The first-order valence-electron chi connectivity index (χ1n) is 7.58. The standard InChI is InChI=1S/C16H21FN2O4/c17-13-3-1-12(2-4-13)9-18-7-8-19(11-14(20)10-18)15(21)5-6-16(22)23/h1-4,14,20H,5-11H2,(H,22,23)/t14-/m1/s1. The van der Waals surface area contributed by atoms with Gasteiger partial charge in [0.1, 0.15) is 5.82 Å². The highest BCUT2D eigenvalue weighted by Gasteiger charge is 2.24. The van der Waals surface area contributed by atoms with E-state index in [9.17, 15) is 19.1 Å². The predicted molar refractivity (Wildman–Crippen MR) is 81.1 cm³/mol. The first-order valence-corrected chi connectivity index (χ1v) is 7.58. The van der Waals surface area contributed by atoms with Crippen LogP contribution in [0.4, 0.5) is 4.39 Å². The summed E-state index contributed by atoms with van der Waals surface area (Å²) >= 11 is 0. The van der Waals surface area contributed by atoms with Crippen LogP contribution in [0.15, 0.2) is 24.3 Å². The van der Waals surface area contributed by atoms with Gasteiger partial charge in [-0.15, -0.1) is 0 Å². The van der Waals surface area contributed by atoms with Gasteiger partial charge in [0.2, 0.25) is 5.91 Å². The Labute approximate surface area is 134 Å². The number of hydrogen-bond donors (Lipinski definition) is 2. The molecule has 0 saturated carbocycles. The van der Waals surface area contributed by atoms with Crippen molar-refractivity contribution in [3.05, 3.63) is 35.6 Å². The molecule has 1 aliphatic heterocycles. The summed E-state index contributed by atoms with van der Waals surface area (Å²) in [5.41, 5.74) is 0.934. The quantitative estimate of drug-likeness (QED) is 0.833. The molecule has 1 aromatic carbocycles. The van der Waals surface area contributed by atoms with E-state index < -0.39 is 12.1 Å². The van der Waals surface area contributed by atoms with E-state index in [-0.39, 0.29) is 31.1 Å². The van der Waals surface area contributed by atoms with Gasteiger partial charge < -0.3 is 15.1 Å². The Bertz CT molecular complexity index is 550. The van der Waals surface area contributed by atoms with Crippen molar-refractivity contribution in [2.75, 3.05) is 26.2 Å². The number of halogens is 1. The number of carbonyl (C=O) groups excluding carboxylic acids is 1. The Morgan fingerprint density at radius 3 is 2.48 bits per heavy atom. The topological polar surface area (TPSA) is 81.1 Å². The summed E-state index contributed by atoms with van der Waals surface area (Å²) in [6.07, 6.45) is -0.947. The van der Waals surface area contributed by atoms with Crippen molar-refractivity contribution in [1.29, 1.82) is 0 Å². The van der Waals surface area contributed by atoms with Crippen LogP contribution in [0, 0.1) is 5.82 Å². The highest BCUT2D eigenvalue weighted by Crippen LogP contribution is 2.11. The highest BCUT2D eigenvalue weighted by molar-refractivity contribution is 5.80. The first-order chi connectivity index (χ1) is 10.9. The number of β-amino-alcohol motifs (C(OH)–C–C–N with tert-alkyl or cyclic N) is 1. The second-order valence-electron chi connectivity index (χ2n) is 5.75. The monoisotopic (exact) mass is 324 g/mol. The number of aliphatic carboxylic acids is 1. The van der Waals surface area contributed by atoms with Crippen molar-refractivity contribution in [2.24, 2.45) is 0 Å². The molecule has 23 heavy (non-hydrogen) atoms. The number of rotatable bonds is 5. The van der Waals surface area contributed by atoms with Crippen molar-refractivity contribution in [1.82, 2.24) is 9.80 Å². The molecule has 1 aliphatic rings. The van der Waals surface area contributed by atoms with Gasteiger partial charge in [0.15, 0.2) is 0 Å². The molecule has 0 spiro atoms. The molecule has 0 radical (unpaired) electrons. The largest absolute Gasteiger partial charge is 0.481 e. The van der Waals surface area contributed by atoms with Crippen LogP contribution in [0.5, 0.6) is 0 Å². The zero-order valence-electron chi connectivity index (χ0n) is 12.8. The maximum absolute atomic E-state index is 12.9.